The van der Waals surface area contributed by atoms with Gasteiger partial charge in [0.1, 0.15) is 6.29 Å². The first kappa shape index (κ1) is 13.3. The Morgan fingerprint density at radius 1 is 1.16 bits per heavy atom. The second-order valence-corrected chi connectivity index (χ2v) is 4.36. The highest BCUT2D eigenvalue weighted by Crippen LogP contribution is 2.26. The highest BCUT2D eigenvalue weighted by molar-refractivity contribution is 6.30. The summed E-state index contributed by atoms with van der Waals surface area (Å²) in [4.78, 5) is 22.6. The summed E-state index contributed by atoms with van der Waals surface area (Å²) >= 11 is 5.84. The molecule has 0 aliphatic heterocycles. The van der Waals surface area contributed by atoms with Gasteiger partial charge >= 0.3 is 5.97 Å². The van der Waals surface area contributed by atoms with Crippen LogP contribution in [0.5, 0.6) is 0 Å². The van der Waals surface area contributed by atoms with Gasteiger partial charge in [0, 0.05) is 10.6 Å². The zero-order valence-corrected chi connectivity index (χ0v) is 11.0. The van der Waals surface area contributed by atoms with Gasteiger partial charge in [0.15, 0.2) is 0 Å². The number of hydrogen-bond acceptors (Lipinski definition) is 3. The van der Waals surface area contributed by atoms with E-state index in [0.717, 1.165) is 5.56 Å². The van der Waals surface area contributed by atoms with E-state index in [1.165, 1.54) is 13.2 Å². The molecule has 2 aromatic carbocycles. The molecule has 0 aliphatic carbocycles. The average molecular weight is 275 g/mol. The Kier molecular flexibility index (Phi) is 3.97. The molecule has 3 nitrogen and oxygen atoms in total. The smallest absolute Gasteiger partial charge is 0.338 e. The monoisotopic (exact) mass is 274 g/mol. The molecule has 4 heteroatoms. The molecule has 2 rings (SSSR count). The number of aldehydes is 1. The van der Waals surface area contributed by atoms with E-state index in [4.69, 9.17) is 16.3 Å². The fourth-order valence-corrected chi connectivity index (χ4v) is 1.92. The van der Waals surface area contributed by atoms with Gasteiger partial charge in [-0.3, -0.25) is 4.79 Å². The highest BCUT2D eigenvalue weighted by Gasteiger charge is 2.14. The molecule has 0 unspecified atom stereocenters. The Labute approximate surface area is 115 Å². The molecule has 0 aliphatic rings. The van der Waals surface area contributed by atoms with E-state index >= 15 is 0 Å². The Bertz CT molecular complexity index is 618. The SMILES string of the molecule is COC(=O)c1cc(C=O)ccc1-c1ccc(Cl)cc1. The van der Waals surface area contributed by atoms with Crippen molar-refractivity contribution in [2.75, 3.05) is 7.11 Å². The van der Waals surface area contributed by atoms with Crippen LogP contribution in [-0.4, -0.2) is 19.4 Å². The molecule has 19 heavy (non-hydrogen) atoms. The van der Waals surface area contributed by atoms with Crippen LogP contribution in [0.1, 0.15) is 20.7 Å². The van der Waals surface area contributed by atoms with Gasteiger partial charge in [0.25, 0.3) is 0 Å². The summed E-state index contributed by atoms with van der Waals surface area (Å²) in [6.07, 6.45) is 0.693. The van der Waals surface area contributed by atoms with Gasteiger partial charge in [-0.1, -0.05) is 35.9 Å². The van der Waals surface area contributed by atoms with Gasteiger partial charge in [-0.25, -0.2) is 4.79 Å². The molecule has 0 fully saturated rings. The lowest BCUT2D eigenvalue weighted by molar-refractivity contribution is 0.0601. The predicted molar refractivity (Wildman–Crippen MR) is 73.6 cm³/mol. The lowest BCUT2D eigenvalue weighted by Crippen LogP contribution is -2.04. The van der Waals surface area contributed by atoms with Crippen molar-refractivity contribution >= 4 is 23.9 Å². The van der Waals surface area contributed by atoms with E-state index in [-0.39, 0.29) is 0 Å². The van der Waals surface area contributed by atoms with Gasteiger partial charge < -0.3 is 4.74 Å². The number of benzene rings is 2. The molecule has 0 saturated heterocycles. The predicted octanol–water partition coefficient (Wildman–Crippen LogP) is 3.61. The van der Waals surface area contributed by atoms with Crippen molar-refractivity contribution in [1.29, 1.82) is 0 Å². The lowest BCUT2D eigenvalue weighted by Gasteiger charge is -2.09. The van der Waals surface area contributed by atoms with Crippen LogP contribution in [0.4, 0.5) is 0 Å². The molecule has 0 aromatic heterocycles. The number of hydrogen-bond donors (Lipinski definition) is 0. The normalized spacial score (nSPS) is 10.0. The number of esters is 1. The summed E-state index contributed by atoms with van der Waals surface area (Å²) in [5, 5.41) is 0.618. The zero-order chi connectivity index (χ0) is 13.8. The minimum atomic E-state index is -0.478. The van der Waals surface area contributed by atoms with E-state index in [1.54, 1.807) is 24.3 Å². The largest absolute Gasteiger partial charge is 0.465 e. The third-order valence-electron chi connectivity index (χ3n) is 2.74. The van der Waals surface area contributed by atoms with E-state index in [0.29, 0.717) is 28.0 Å². The molecular weight excluding hydrogens is 264 g/mol. The maximum atomic E-state index is 11.8. The maximum Gasteiger partial charge on any atom is 0.338 e. The van der Waals surface area contributed by atoms with E-state index in [9.17, 15) is 9.59 Å². The number of carbonyl (C=O) groups is 2. The summed E-state index contributed by atoms with van der Waals surface area (Å²) in [5.41, 5.74) is 2.32. The third-order valence-corrected chi connectivity index (χ3v) is 2.99. The van der Waals surface area contributed by atoms with Gasteiger partial charge in [0.2, 0.25) is 0 Å². The Morgan fingerprint density at radius 3 is 2.42 bits per heavy atom. The van der Waals surface area contributed by atoms with Crippen molar-refractivity contribution in [1.82, 2.24) is 0 Å². The number of ether oxygens (including phenoxy) is 1. The maximum absolute atomic E-state index is 11.8. The van der Waals surface area contributed by atoms with Crippen LogP contribution in [0.25, 0.3) is 11.1 Å². The standard InChI is InChI=1S/C15H11ClO3/c1-19-15(18)14-8-10(9-17)2-7-13(14)11-3-5-12(16)6-4-11/h2-9H,1H3. The van der Waals surface area contributed by atoms with Crippen molar-refractivity contribution in [3.8, 4) is 11.1 Å². The molecule has 0 amide bonds. The molecule has 0 radical (unpaired) electrons. The molecule has 0 atom stereocenters. The fourth-order valence-electron chi connectivity index (χ4n) is 1.80. The molecule has 0 heterocycles. The number of carbonyl (C=O) groups excluding carboxylic acids is 2. The summed E-state index contributed by atoms with van der Waals surface area (Å²) in [5.74, 6) is -0.478. The Hall–Kier alpha value is -2.13. The van der Waals surface area contributed by atoms with Crippen molar-refractivity contribution in [3.63, 3.8) is 0 Å². The van der Waals surface area contributed by atoms with Crippen LogP contribution in [0.2, 0.25) is 5.02 Å². The van der Waals surface area contributed by atoms with Crippen LogP contribution >= 0.6 is 11.6 Å². The number of halogens is 1. The van der Waals surface area contributed by atoms with E-state index in [2.05, 4.69) is 0 Å². The number of rotatable bonds is 3. The summed E-state index contributed by atoms with van der Waals surface area (Å²) in [7, 11) is 1.31. The van der Waals surface area contributed by atoms with Gasteiger partial charge in [-0.05, 0) is 29.3 Å². The van der Waals surface area contributed by atoms with Crippen LogP contribution < -0.4 is 0 Å². The fraction of sp³-hybridized carbons (Fsp3) is 0.0667. The summed E-state index contributed by atoms with van der Waals surface area (Å²) < 4.78 is 4.74. The van der Waals surface area contributed by atoms with Crippen molar-refractivity contribution < 1.29 is 14.3 Å². The Morgan fingerprint density at radius 2 is 1.84 bits per heavy atom. The average Bonchev–Trinajstić information content (AvgIpc) is 2.46. The van der Waals surface area contributed by atoms with Crippen LogP contribution in [0, 0.1) is 0 Å². The van der Waals surface area contributed by atoms with Crippen LogP contribution in [0.15, 0.2) is 42.5 Å². The second-order valence-electron chi connectivity index (χ2n) is 3.92. The molecule has 0 saturated carbocycles. The quantitative estimate of drug-likeness (QED) is 0.634. The number of methoxy groups -OCH3 is 1. The zero-order valence-electron chi connectivity index (χ0n) is 10.2. The minimum Gasteiger partial charge on any atom is -0.465 e. The topological polar surface area (TPSA) is 43.4 Å². The first-order valence-electron chi connectivity index (χ1n) is 5.59. The third kappa shape index (κ3) is 2.83. The summed E-state index contributed by atoms with van der Waals surface area (Å²) in [6.45, 7) is 0. The van der Waals surface area contributed by atoms with Crippen molar-refractivity contribution in [2.24, 2.45) is 0 Å². The van der Waals surface area contributed by atoms with Crippen LogP contribution in [-0.2, 0) is 4.74 Å². The van der Waals surface area contributed by atoms with E-state index in [1.807, 2.05) is 12.1 Å². The lowest BCUT2D eigenvalue weighted by atomic mass is 9.98. The van der Waals surface area contributed by atoms with Gasteiger partial charge in [0.05, 0.1) is 12.7 Å². The van der Waals surface area contributed by atoms with E-state index < -0.39 is 5.97 Å². The van der Waals surface area contributed by atoms with Gasteiger partial charge in [-0.2, -0.15) is 0 Å². The molecule has 0 N–H and O–H groups in total. The van der Waals surface area contributed by atoms with Crippen molar-refractivity contribution in [2.45, 2.75) is 0 Å². The highest BCUT2D eigenvalue weighted by atomic mass is 35.5. The summed E-state index contributed by atoms with van der Waals surface area (Å²) in [6, 6.07) is 12.0. The molecule has 96 valence electrons. The second kappa shape index (κ2) is 5.67. The molecule has 0 spiro atoms. The molecule has 2 aromatic rings. The Balaban J connectivity index is 2.58. The van der Waals surface area contributed by atoms with Crippen LogP contribution in [0.3, 0.4) is 0 Å². The molecule has 0 bridgehead atoms. The minimum absolute atomic E-state index is 0.356. The first-order chi connectivity index (χ1) is 9.15. The van der Waals surface area contributed by atoms with Gasteiger partial charge in [-0.15, -0.1) is 0 Å². The van der Waals surface area contributed by atoms with Crippen molar-refractivity contribution in [3.05, 3.63) is 58.6 Å². The first-order valence-corrected chi connectivity index (χ1v) is 5.97. The molecular formula is C15H11ClO3.